The van der Waals surface area contributed by atoms with Gasteiger partial charge in [0.25, 0.3) is 0 Å². The number of hydrogen-bond donors (Lipinski definition) is 0. The molecule has 0 unspecified atom stereocenters. The first kappa shape index (κ1) is 14.1. The van der Waals surface area contributed by atoms with E-state index in [0.29, 0.717) is 22.1 Å². The molecule has 0 N–H and O–H groups in total. The first-order valence-electron chi connectivity index (χ1n) is 5.72. The SMILES string of the molecule is CC(=O)c1ccc(Br)cc1Oc1ccc(Cl)cc1C. The third-order valence-corrected chi connectivity index (χ3v) is 3.41. The van der Waals surface area contributed by atoms with Crippen LogP contribution in [0, 0.1) is 6.92 Å². The molecule has 0 atom stereocenters. The smallest absolute Gasteiger partial charge is 0.163 e. The van der Waals surface area contributed by atoms with Gasteiger partial charge >= 0.3 is 0 Å². The van der Waals surface area contributed by atoms with Gasteiger partial charge in [-0.05, 0) is 55.8 Å². The Balaban J connectivity index is 2.42. The highest BCUT2D eigenvalue weighted by Crippen LogP contribution is 2.31. The van der Waals surface area contributed by atoms with Crippen molar-refractivity contribution in [2.45, 2.75) is 13.8 Å². The molecule has 2 nitrogen and oxygen atoms in total. The Morgan fingerprint density at radius 3 is 2.53 bits per heavy atom. The van der Waals surface area contributed by atoms with Crippen molar-refractivity contribution in [2.24, 2.45) is 0 Å². The number of carbonyl (C=O) groups is 1. The zero-order chi connectivity index (χ0) is 14.0. The van der Waals surface area contributed by atoms with Crippen LogP contribution in [0.3, 0.4) is 0 Å². The number of benzene rings is 2. The van der Waals surface area contributed by atoms with E-state index in [1.54, 1.807) is 24.3 Å². The summed E-state index contributed by atoms with van der Waals surface area (Å²) in [5.41, 5.74) is 1.47. The molecule has 0 fully saturated rings. The van der Waals surface area contributed by atoms with Gasteiger partial charge in [0.1, 0.15) is 11.5 Å². The summed E-state index contributed by atoms with van der Waals surface area (Å²) in [6.45, 7) is 3.43. The summed E-state index contributed by atoms with van der Waals surface area (Å²) >= 11 is 9.29. The molecule has 4 heteroatoms. The largest absolute Gasteiger partial charge is 0.456 e. The monoisotopic (exact) mass is 338 g/mol. The fourth-order valence-electron chi connectivity index (χ4n) is 1.72. The van der Waals surface area contributed by atoms with Crippen molar-refractivity contribution in [3.63, 3.8) is 0 Å². The second-order valence-corrected chi connectivity index (χ2v) is 5.56. The fourth-order valence-corrected chi connectivity index (χ4v) is 2.28. The Morgan fingerprint density at radius 1 is 1.16 bits per heavy atom. The first-order valence-corrected chi connectivity index (χ1v) is 6.89. The summed E-state index contributed by atoms with van der Waals surface area (Å²) in [7, 11) is 0. The van der Waals surface area contributed by atoms with Gasteiger partial charge in [-0.1, -0.05) is 27.5 Å². The second-order valence-electron chi connectivity index (χ2n) is 4.21. The lowest BCUT2D eigenvalue weighted by Gasteiger charge is -2.12. The quantitative estimate of drug-likeness (QED) is 0.699. The number of ketones is 1. The second kappa shape index (κ2) is 5.76. The molecule has 2 rings (SSSR count). The molecule has 2 aromatic carbocycles. The molecular weight excluding hydrogens is 328 g/mol. The maximum Gasteiger partial charge on any atom is 0.163 e. The van der Waals surface area contributed by atoms with Gasteiger partial charge in [0.15, 0.2) is 5.78 Å². The molecule has 98 valence electrons. The van der Waals surface area contributed by atoms with Crippen LogP contribution < -0.4 is 4.74 Å². The van der Waals surface area contributed by atoms with Gasteiger partial charge in [0.05, 0.1) is 5.56 Å². The molecule has 0 heterocycles. The van der Waals surface area contributed by atoms with E-state index in [0.717, 1.165) is 10.0 Å². The number of ether oxygens (including phenoxy) is 1. The van der Waals surface area contributed by atoms with Gasteiger partial charge in [-0.25, -0.2) is 0 Å². The Kier molecular flexibility index (Phi) is 4.27. The molecule has 0 aliphatic heterocycles. The Labute approximate surface area is 125 Å². The minimum absolute atomic E-state index is 0.0332. The van der Waals surface area contributed by atoms with E-state index in [9.17, 15) is 4.79 Å². The van der Waals surface area contributed by atoms with Crippen LogP contribution in [0.5, 0.6) is 11.5 Å². The van der Waals surface area contributed by atoms with E-state index in [-0.39, 0.29) is 5.78 Å². The lowest BCUT2D eigenvalue weighted by atomic mass is 10.1. The number of Topliss-reactive ketones (excluding diaryl/α,β-unsaturated/α-hetero) is 1. The van der Waals surface area contributed by atoms with E-state index in [1.165, 1.54) is 6.92 Å². The Bertz CT molecular complexity index is 638. The average Bonchev–Trinajstić information content (AvgIpc) is 2.32. The molecule has 0 saturated carbocycles. The normalized spacial score (nSPS) is 10.3. The van der Waals surface area contributed by atoms with Crippen LogP contribution in [0.1, 0.15) is 22.8 Å². The van der Waals surface area contributed by atoms with Crippen molar-refractivity contribution >= 4 is 33.3 Å². The fraction of sp³-hybridized carbons (Fsp3) is 0.133. The Morgan fingerprint density at radius 2 is 1.89 bits per heavy atom. The number of carbonyl (C=O) groups excluding carboxylic acids is 1. The number of rotatable bonds is 3. The summed E-state index contributed by atoms with van der Waals surface area (Å²) in [5, 5.41) is 0.658. The number of aryl methyl sites for hydroxylation is 1. The first-order chi connectivity index (χ1) is 8.97. The lowest BCUT2D eigenvalue weighted by Crippen LogP contribution is -1.97. The van der Waals surface area contributed by atoms with Crippen molar-refractivity contribution in [1.29, 1.82) is 0 Å². The predicted molar refractivity (Wildman–Crippen MR) is 80.4 cm³/mol. The zero-order valence-electron chi connectivity index (χ0n) is 10.5. The van der Waals surface area contributed by atoms with Crippen LogP contribution in [-0.4, -0.2) is 5.78 Å². The minimum atomic E-state index is -0.0332. The van der Waals surface area contributed by atoms with Crippen molar-refractivity contribution in [3.8, 4) is 11.5 Å². The lowest BCUT2D eigenvalue weighted by molar-refractivity contribution is 0.101. The maximum absolute atomic E-state index is 11.6. The van der Waals surface area contributed by atoms with Crippen LogP contribution in [0.2, 0.25) is 5.02 Å². The van der Waals surface area contributed by atoms with Crippen LogP contribution in [0.4, 0.5) is 0 Å². The van der Waals surface area contributed by atoms with Crippen molar-refractivity contribution < 1.29 is 9.53 Å². The van der Waals surface area contributed by atoms with Crippen LogP contribution in [0.15, 0.2) is 40.9 Å². The van der Waals surface area contributed by atoms with Crippen molar-refractivity contribution in [1.82, 2.24) is 0 Å². The molecular formula is C15H12BrClO2. The van der Waals surface area contributed by atoms with E-state index in [2.05, 4.69) is 15.9 Å². The van der Waals surface area contributed by atoms with Gasteiger partial charge < -0.3 is 4.74 Å². The summed E-state index contributed by atoms with van der Waals surface area (Å²) in [6.07, 6.45) is 0. The highest BCUT2D eigenvalue weighted by atomic mass is 79.9. The maximum atomic E-state index is 11.6. The Hall–Kier alpha value is -1.32. The summed E-state index contributed by atoms with van der Waals surface area (Å²) in [4.78, 5) is 11.6. The van der Waals surface area contributed by atoms with E-state index >= 15 is 0 Å². The summed E-state index contributed by atoms with van der Waals surface area (Å²) in [6, 6.07) is 10.7. The molecule has 0 aromatic heterocycles. The molecule has 0 spiro atoms. The third kappa shape index (κ3) is 3.37. The van der Waals surface area contributed by atoms with E-state index in [1.807, 2.05) is 19.1 Å². The van der Waals surface area contributed by atoms with Crippen molar-refractivity contribution in [3.05, 3.63) is 57.0 Å². The topological polar surface area (TPSA) is 26.3 Å². The number of halogens is 2. The van der Waals surface area contributed by atoms with Gasteiger partial charge in [0.2, 0.25) is 0 Å². The van der Waals surface area contributed by atoms with Gasteiger partial charge in [0, 0.05) is 9.50 Å². The molecule has 0 aliphatic rings. The van der Waals surface area contributed by atoms with Gasteiger partial charge in [-0.3, -0.25) is 4.79 Å². The molecule has 0 bridgehead atoms. The minimum Gasteiger partial charge on any atom is -0.456 e. The third-order valence-electron chi connectivity index (χ3n) is 2.68. The highest BCUT2D eigenvalue weighted by molar-refractivity contribution is 9.10. The van der Waals surface area contributed by atoms with Crippen molar-refractivity contribution in [2.75, 3.05) is 0 Å². The van der Waals surface area contributed by atoms with E-state index < -0.39 is 0 Å². The van der Waals surface area contributed by atoms with Gasteiger partial charge in [-0.2, -0.15) is 0 Å². The predicted octanol–water partition coefficient (Wildman–Crippen LogP) is 5.41. The number of hydrogen-bond acceptors (Lipinski definition) is 2. The average molecular weight is 340 g/mol. The summed E-state index contributed by atoms with van der Waals surface area (Å²) in [5.74, 6) is 1.19. The standard InChI is InChI=1S/C15H12BrClO2/c1-9-7-12(17)4-6-14(9)19-15-8-11(16)3-5-13(15)10(2)18/h3-8H,1-2H3. The molecule has 0 radical (unpaired) electrons. The molecule has 19 heavy (non-hydrogen) atoms. The molecule has 0 saturated heterocycles. The van der Waals surface area contributed by atoms with E-state index in [4.69, 9.17) is 16.3 Å². The highest BCUT2D eigenvalue weighted by Gasteiger charge is 2.11. The molecule has 0 amide bonds. The van der Waals surface area contributed by atoms with Crippen LogP contribution in [-0.2, 0) is 0 Å². The van der Waals surface area contributed by atoms with Crippen LogP contribution >= 0.6 is 27.5 Å². The van der Waals surface area contributed by atoms with Gasteiger partial charge in [-0.15, -0.1) is 0 Å². The molecule has 0 aliphatic carbocycles. The molecule has 2 aromatic rings. The summed E-state index contributed by atoms with van der Waals surface area (Å²) < 4.78 is 6.69. The van der Waals surface area contributed by atoms with Crippen LogP contribution in [0.25, 0.3) is 0 Å². The zero-order valence-corrected chi connectivity index (χ0v) is 12.9.